The minimum atomic E-state index is -0.758. The average molecular weight is 526 g/mol. The fourth-order valence-corrected chi connectivity index (χ4v) is 6.11. The first-order valence-electron chi connectivity index (χ1n) is 13.6. The fraction of sp³-hybridized carbons (Fsp3) is 0.552. The van der Waals surface area contributed by atoms with Gasteiger partial charge in [0.15, 0.2) is 0 Å². The normalized spacial score (nSPS) is 17.6. The maximum Gasteiger partial charge on any atom is 0.337 e. The molecule has 1 saturated heterocycles. The highest BCUT2D eigenvalue weighted by Crippen LogP contribution is 2.26. The Kier molecular flexibility index (Phi) is 10.1. The van der Waals surface area contributed by atoms with Gasteiger partial charge in [-0.2, -0.15) is 0 Å². The van der Waals surface area contributed by atoms with Crippen LogP contribution < -0.4 is 5.32 Å². The Morgan fingerprint density at radius 3 is 2.38 bits per heavy atom. The van der Waals surface area contributed by atoms with Gasteiger partial charge in [-0.1, -0.05) is 43.9 Å². The summed E-state index contributed by atoms with van der Waals surface area (Å²) in [5, 5.41) is 5.23. The van der Waals surface area contributed by atoms with Gasteiger partial charge in [0, 0.05) is 24.0 Å². The Bertz CT molecular complexity index is 1010. The molecule has 7 nitrogen and oxygen atoms in total. The zero-order valence-electron chi connectivity index (χ0n) is 21.8. The number of hydrogen-bond donors (Lipinski definition) is 1. The van der Waals surface area contributed by atoms with Crippen LogP contribution in [-0.2, 0) is 20.7 Å². The highest BCUT2D eigenvalue weighted by Gasteiger charge is 2.33. The minimum absolute atomic E-state index is 0.0553. The summed E-state index contributed by atoms with van der Waals surface area (Å²) >= 11 is 1.56. The van der Waals surface area contributed by atoms with E-state index in [9.17, 15) is 14.4 Å². The summed E-state index contributed by atoms with van der Waals surface area (Å²) in [7, 11) is 1.35. The van der Waals surface area contributed by atoms with E-state index in [1.54, 1.807) is 40.5 Å². The Balaban J connectivity index is 1.62. The number of nitrogens with zero attached hydrogens (tertiary/aromatic N) is 2. The number of piperidine rings is 1. The monoisotopic (exact) mass is 525 g/mol. The molecular weight excluding hydrogens is 486 g/mol. The molecule has 0 bridgehead atoms. The number of esters is 1. The predicted molar refractivity (Wildman–Crippen MR) is 146 cm³/mol. The molecule has 1 N–H and O–H groups in total. The molecule has 0 radical (unpaired) electrons. The van der Waals surface area contributed by atoms with Gasteiger partial charge in [0.25, 0.3) is 0 Å². The van der Waals surface area contributed by atoms with Crippen LogP contribution >= 0.6 is 11.3 Å². The van der Waals surface area contributed by atoms with E-state index in [2.05, 4.69) is 10.2 Å². The zero-order chi connectivity index (χ0) is 26.0. The van der Waals surface area contributed by atoms with Crippen LogP contribution in [0.4, 0.5) is 0 Å². The van der Waals surface area contributed by atoms with E-state index in [1.807, 2.05) is 17.5 Å². The molecule has 2 aromatic rings. The predicted octanol–water partition coefficient (Wildman–Crippen LogP) is 4.58. The summed E-state index contributed by atoms with van der Waals surface area (Å²) in [6.45, 7) is 3.27. The number of thiophene rings is 1. The molecule has 2 aliphatic rings. The van der Waals surface area contributed by atoms with Crippen molar-refractivity contribution in [2.75, 3.05) is 33.3 Å². The van der Waals surface area contributed by atoms with Crippen LogP contribution in [0, 0.1) is 0 Å². The molecule has 1 saturated carbocycles. The number of amides is 2. The van der Waals surface area contributed by atoms with Crippen LogP contribution in [0.2, 0.25) is 0 Å². The molecule has 37 heavy (non-hydrogen) atoms. The van der Waals surface area contributed by atoms with Crippen LogP contribution in [0.1, 0.15) is 78.2 Å². The number of carbonyl (C=O) groups is 3. The lowest BCUT2D eigenvalue weighted by molar-refractivity contribution is -0.141. The van der Waals surface area contributed by atoms with Gasteiger partial charge in [0.05, 0.1) is 19.1 Å². The van der Waals surface area contributed by atoms with Crippen LogP contribution in [0.3, 0.4) is 0 Å². The van der Waals surface area contributed by atoms with Gasteiger partial charge in [0.2, 0.25) is 11.8 Å². The second-order valence-electron chi connectivity index (χ2n) is 10.1. The van der Waals surface area contributed by atoms with Crippen molar-refractivity contribution in [2.45, 2.75) is 69.9 Å². The van der Waals surface area contributed by atoms with Gasteiger partial charge >= 0.3 is 5.97 Å². The third-order valence-corrected chi connectivity index (χ3v) is 8.37. The molecule has 2 amide bonds. The Hall–Kier alpha value is -2.71. The number of rotatable bonds is 10. The first kappa shape index (κ1) is 27.3. The summed E-state index contributed by atoms with van der Waals surface area (Å²) in [4.78, 5) is 44.8. The maximum absolute atomic E-state index is 13.9. The molecule has 1 atom stereocenters. The summed E-state index contributed by atoms with van der Waals surface area (Å²) in [6.07, 6.45) is 9.22. The van der Waals surface area contributed by atoms with Gasteiger partial charge in [-0.25, -0.2) is 4.79 Å². The third kappa shape index (κ3) is 7.65. The molecule has 8 heteroatoms. The number of ether oxygens (including phenoxy) is 1. The van der Waals surface area contributed by atoms with Crippen LogP contribution in [0.15, 0.2) is 41.8 Å². The van der Waals surface area contributed by atoms with Crippen molar-refractivity contribution in [3.8, 4) is 0 Å². The second kappa shape index (κ2) is 13.7. The number of benzene rings is 1. The first-order valence-corrected chi connectivity index (χ1v) is 14.5. The molecule has 1 aliphatic carbocycles. The van der Waals surface area contributed by atoms with Gasteiger partial charge in [-0.15, -0.1) is 11.3 Å². The molecule has 1 aromatic heterocycles. The Morgan fingerprint density at radius 2 is 1.73 bits per heavy atom. The van der Waals surface area contributed by atoms with Crippen molar-refractivity contribution in [1.29, 1.82) is 0 Å². The lowest BCUT2D eigenvalue weighted by Crippen LogP contribution is -2.49. The Labute approximate surface area is 224 Å². The lowest BCUT2D eigenvalue weighted by Gasteiger charge is -2.35. The summed E-state index contributed by atoms with van der Waals surface area (Å²) in [5.41, 5.74) is 1.13. The summed E-state index contributed by atoms with van der Waals surface area (Å²) in [6, 6.07) is 10.2. The standard InChI is InChI=1S/C29H39N3O4S/c1-36-29(35)23-14-12-22(13-15-23)27(28(34)30-24-9-4-2-5-10-24)32(19-18-31-16-6-3-7-17-31)26(33)21-25-11-8-20-37-25/h8,11-15,20,24,27H,2-7,9-10,16-19,21H2,1H3,(H,30,34)/t27-/m0/s1. The van der Waals surface area contributed by atoms with Crippen LogP contribution in [-0.4, -0.2) is 66.9 Å². The van der Waals surface area contributed by atoms with Crippen molar-refractivity contribution in [1.82, 2.24) is 15.1 Å². The Morgan fingerprint density at radius 1 is 1.03 bits per heavy atom. The second-order valence-corrected chi connectivity index (χ2v) is 11.1. The van der Waals surface area contributed by atoms with E-state index >= 15 is 0 Å². The van der Waals surface area contributed by atoms with Gasteiger partial charge < -0.3 is 19.9 Å². The van der Waals surface area contributed by atoms with Crippen LogP contribution in [0.5, 0.6) is 0 Å². The first-order chi connectivity index (χ1) is 18.0. The topological polar surface area (TPSA) is 79.0 Å². The number of nitrogens with one attached hydrogen (secondary N) is 1. The molecular formula is C29H39N3O4S. The third-order valence-electron chi connectivity index (χ3n) is 7.49. The number of hydrogen-bond acceptors (Lipinski definition) is 6. The fourth-order valence-electron chi connectivity index (χ4n) is 5.41. The number of carbonyl (C=O) groups excluding carboxylic acids is 3. The average Bonchev–Trinajstić information content (AvgIpc) is 3.44. The van der Waals surface area contributed by atoms with Crippen molar-refractivity contribution < 1.29 is 19.1 Å². The quantitative estimate of drug-likeness (QED) is 0.460. The highest BCUT2D eigenvalue weighted by molar-refractivity contribution is 7.10. The molecule has 0 spiro atoms. The molecule has 200 valence electrons. The largest absolute Gasteiger partial charge is 0.465 e. The molecule has 4 rings (SSSR count). The van der Waals surface area contributed by atoms with Crippen molar-refractivity contribution in [3.63, 3.8) is 0 Å². The van der Waals surface area contributed by atoms with Crippen molar-refractivity contribution >= 4 is 29.1 Å². The van der Waals surface area contributed by atoms with Gasteiger partial charge in [-0.05, 0) is 67.9 Å². The molecule has 1 aromatic carbocycles. The van der Waals surface area contributed by atoms with Crippen molar-refractivity contribution in [3.05, 3.63) is 57.8 Å². The minimum Gasteiger partial charge on any atom is -0.465 e. The SMILES string of the molecule is COC(=O)c1ccc([C@@H](C(=O)NC2CCCCC2)N(CCN2CCCCC2)C(=O)Cc2cccs2)cc1. The van der Waals surface area contributed by atoms with E-state index < -0.39 is 12.0 Å². The number of likely N-dealkylation sites (tertiary alicyclic amines) is 1. The molecule has 1 aliphatic heterocycles. The van der Waals surface area contributed by atoms with Gasteiger partial charge in [-0.3, -0.25) is 9.59 Å². The summed E-state index contributed by atoms with van der Waals surface area (Å²) < 4.78 is 4.85. The number of methoxy groups -OCH3 is 1. The highest BCUT2D eigenvalue weighted by atomic mass is 32.1. The van der Waals surface area contributed by atoms with Gasteiger partial charge in [0.1, 0.15) is 6.04 Å². The molecule has 2 fully saturated rings. The molecule has 2 heterocycles. The maximum atomic E-state index is 13.9. The summed E-state index contributed by atoms with van der Waals surface area (Å²) in [5.74, 6) is -0.623. The lowest BCUT2D eigenvalue weighted by atomic mass is 9.94. The van der Waals surface area contributed by atoms with Crippen molar-refractivity contribution in [2.24, 2.45) is 0 Å². The zero-order valence-corrected chi connectivity index (χ0v) is 22.6. The van der Waals surface area contributed by atoms with E-state index in [0.717, 1.165) is 50.2 Å². The van der Waals surface area contributed by atoms with E-state index in [0.29, 0.717) is 17.7 Å². The smallest absolute Gasteiger partial charge is 0.337 e. The molecule has 0 unspecified atom stereocenters. The van der Waals surface area contributed by atoms with E-state index in [1.165, 1.54) is 32.8 Å². The van der Waals surface area contributed by atoms with E-state index in [-0.39, 0.29) is 24.3 Å². The van der Waals surface area contributed by atoms with E-state index in [4.69, 9.17) is 4.74 Å². The van der Waals surface area contributed by atoms with Crippen LogP contribution in [0.25, 0.3) is 0 Å².